The van der Waals surface area contributed by atoms with Gasteiger partial charge < -0.3 is 5.32 Å². The number of carbonyl (C=O) groups is 1. The van der Waals surface area contributed by atoms with Crippen LogP contribution < -0.4 is 5.32 Å². The van der Waals surface area contributed by atoms with E-state index in [1.54, 1.807) is 6.07 Å². The Balaban J connectivity index is 1.65. The van der Waals surface area contributed by atoms with Gasteiger partial charge in [0.05, 0.1) is 12.2 Å². The van der Waals surface area contributed by atoms with Gasteiger partial charge in [-0.05, 0) is 12.1 Å². The molecule has 110 valence electrons. The third kappa shape index (κ3) is 3.50. The Morgan fingerprint density at radius 2 is 2.05 bits per heavy atom. The van der Waals surface area contributed by atoms with Gasteiger partial charge in [0.15, 0.2) is 0 Å². The van der Waals surface area contributed by atoms with Crippen molar-refractivity contribution in [3.8, 4) is 11.3 Å². The molecule has 0 unspecified atom stereocenters. The van der Waals surface area contributed by atoms with Gasteiger partial charge in [0, 0.05) is 22.2 Å². The Labute approximate surface area is 136 Å². The molecule has 2 aromatic heterocycles. The van der Waals surface area contributed by atoms with Crippen LogP contribution in [0.4, 0.5) is 0 Å². The number of thiazole rings is 1. The van der Waals surface area contributed by atoms with Crippen LogP contribution in [0.5, 0.6) is 0 Å². The molecule has 0 saturated heterocycles. The first-order chi connectivity index (χ1) is 10.7. The summed E-state index contributed by atoms with van der Waals surface area (Å²) in [5.41, 5.74) is 2.27. The zero-order valence-corrected chi connectivity index (χ0v) is 13.1. The molecule has 0 atom stereocenters. The van der Waals surface area contributed by atoms with Gasteiger partial charge in [-0.25, -0.2) is 4.98 Å². The van der Waals surface area contributed by atoms with Crippen LogP contribution in [0.2, 0.25) is 5.02 Å². The average Bonchev–Trinajstić information content (AvgIpc) is 3.02. The number of nitrogens with one attached hydrogen (secondary N) is 1. The smallest absolute Gasteiger partial charge is 0.270 e. The minimum absolute atomic E-state index is 0.265. The van der Waals surface area contributed by atoms with Crippen LogP contribution in [0.1, 0.15) is 15.5 Å². The van der Waals surface area contributed by atoms with Crippen LogP contribution >= 0.6 is 22.9 Å². The van der Waals surface area contributed by atoms with Crippen molar-refractivity contribution in [3.63, 3.8) is 0 Å². The van der Waals surface area contributed by atoms with Gasteiger partial charge in [-0.3, -0.25) is 9.78 Å². The summed E-state index contributed by atoms with van der Waals surface area (Å²) in [5, 5.41) is 6.10. The Bertz CT molecular complexity index is 789. The van der Waals surface area contributed by atoms with Crippen LogP contribution in [-0.4, -0.2) is 15.9 Å². The van der Waals surface area contributed by atoms with Crippen molar-refractivity contribution in [3.05, 3.63) is 69.8 Å². The Hall–Kier alpha value is -2.24. The van der Waals surface area contributed by atoms with Crippen molar-refractivity contribution < 1.29 is 4.79 Å². The second kappa shape index (κ2) is 6.68. The molecular weight excluding hydrogens is 318 g/mol. The zero-order chi connectivity index (χ0) is 15.4. The molecule has 0 saturated carbocycles. The summed E-state index contributed by atoms with van der Waals surface area (Å²) >= 11 is 7.36. The fourth-order valence-electron chi connectivity index (χ4n) is 1.91. The summed E-state index contributed by atoms with van der Waals surface area (Å²) in [4.78, 5) is 20.5. The largest absolute Gasteiger partial charge is 0.344 e. The minimum atomic E-state index is -0.265. The maximum atomic E-state index is 12.0. The van der Waals surface area contributed by atoms with Crippen molar-refractivity contribution in [2.24, 2.45) is 0 Å². The monoisotopic (exact) mass is 329 g/mol. The van der Waals surface area contributed by atoms with Gasteiger partial charge in [-0.1, -0.05) is 41.9 Å². The van der Waals surface area contributed by atoms with Crippen molar-refractivity contribution in [1.29, 1.82) is 0 Å². The van der Waals surface area contributed by atoms with E-state index in [2.05, 4.69) is 15.3 Å². The summed E-state index contributed by atoms with van der Waals surface area (Å²) in [6, 6.07) is 13.1. The highest BCUT2D eigenvalue weighted by atomic mass is 35.5. The molecule has 1 aromatic carbocycles. The third-order valence-corrected chi connectivity index (χ3v) is 4.06. The lowest BCUT2D eigenvalue weighted by Gasteiger charge is -2.02. The van der Waals surface area contributed by atoms with Crippen LogP contribution in [0.15, 0.2) is 54.0 Å². The molecule has 3 rings (SSSR count). The van der Waals surface area contributed by atoms with E-state index < -0.39 is 0 Å². The van der Waals surface area contributed by atoms with Crippen molar-refractivity contribution in [2.75, 3.05) is 0 Å². The van der Waals surface area contributed by atoms with Crippen LogP contribution in [0.25, 0.3) is 11.3 Å². The normalized spacial score (nSPS) is 10.4. The van der Waals surface area contributed by atoms with Crippen LogP contribution in [0.3, 0.4) is 0 Å². The van der Waals surface area contributed by atoms with Gasteiger partial charge in [-0.2, -0.15) is 0 Å². The summed E-state index contributed by atoms with van der Waals surface area (Å²) in [5.74, 6) is -0.265. The van der Waals surface area contributed by atoms with E-state index in [-0.39, 0.29) is 5.91 Å². The molecule has 0 spiro atoms. The first-order valence-electron chi connectivity index (χ1n) is 6.62. The first kappa shape index (κ1) is 14.7. The predicted molar refractivity (Wildman–Crippen MR) is 88.0 cm³/mol. The maximum absolute atomic E-state index is 12.0. The molecule has 0 radical (unpaired) electrons. The van der Waals surface area contributed by atoms with Gasteiger partial charge >= 0.3 is 0 Å². The Kier molecular flexibility index (Phi) is 4.46. The van der Waals surface area contributed by atoms with E-state index in [0.29, 0.717) is 17.3 Å². The summed E-state index contributed by atoms with van der Waals surface area (Å²) in [7, 11) is 0. The number of benzene rings is 1. The van der Waals surface area contributed by atoms with E-state index in [0.717, 1.165) is 16.3 Å². The lowest BCUT2D eigenvalue weighted by molar-refractivity contribution is 0.0946. The van der Waals surface area contributed by atoms with E-state index >= 15 is 0 Å². The molecule has 2 heterocycles. The number of halogens is 1. The molecule has 0 bridgehead atoms. The van der Waals surface area contributed by atoms with Crippen molar-refractivity contribution in [2.45, 2.75) is 6.54 Å². The number of carbonyl (C=O) groups excluding carboxylic acids is 1. The minimum Gasteiger partial charge on any atom is -0.344 e. The molecule has 4 nitrogen and oxygen atoms in total. The number of pyridine rings is 1. The highest BCUT2D eigenvalue weighted by Gasteiger charge is 2.09. The first-order valence-corrected chi connectivity index (χ1v) is 7.88. The van der Waals surface area contributed by atoms with E-state index in [4.69, 9.17) is 11.6 Å². The standard InChI is InChI=1S/C16H12ClN3OS/c17-12-6-7-18-13(8-12)16(21)19-9-15-20-14(10-22-15)11-4-2-1-3-5-11/h1-8,10H,9H2,(H,19,21). The zero-order valence-electron chi connectivity index (χ0n) is 11.5. The molecule has 0 fully saturated rings. The van der Waals surface area contributed by atoms with Gasteiger partial charge in [0.25, 0.3) is 5.91 Å². The second-order valence-corrected chi connectivity index (χ2v) is 5.91. The molecule has 0 aliphatic rings. The van der Waals surface area contributed by atoms with Crippen molar-refractivity contribution in [1.82, 2.24) is 15.3 Å². The molecule has 1 amide bonds. The molecule has 22 heavy (non-hydrogen) atoms. The average molecular weight is 330 g/mol. The van der Waals surface area contributed by atoms with E-state index in [9.17, 15) is 4.79 Å². The molecular formula is C16H12ClN3OS. The third-order valence-electron chi connectivity index (χ3n) is 2.98. The Morgan fingerprint density at radius 3 is 2.82 bits per heavy atom. The fourth-order valence-corrected chi connectivity index (χ4v) is 2.81. The topological polar surface area (TPSA) is 54.9 Å². The quantitative estimate of drug-likeness (QED) is 0.792. The summed E-state index contributed by atoms with van der Waals surface area (Å²) < 4.78 is 0. The molecule has 0 aliphatic heterocycles. The number of amides is 1. The SMILES string of the molecule is O=C(NCc1nc(-c2ccccc2)cs1)c1cc(Cl)ccn1. The molecule has 3 aromatic rings. The number of hydrogen-bond donors (Lipinski definition) is 1. The van der Waals surface area contributed by atoms with Gasteiger partial charge in [0.1, 0.15) is 10.7 Å². The van der Waals surface area contributed by atoms with Crippen LogP contribution in [-0.2, 0) is 6.54 Å². The number of rotatable bonds is 4. The maximum Gasteiger partial charge on any atom is 0.270 e. The van der Waals surface area contributed by atoms with E-state index in [1.165, 1.54) is 23.6 Å². The Morgan fingerprint density at radius 1 is 1.23 bits per heavy atom. The van der Waals surface area contributed by atoms with Crippen LogP contribution in [0, 0.1) is 0 Å². The van der Waals surface area contributed by atoms with Gasteiger partial charge in [-0.15, -0.1) is 11.3 Å². The molecule has 0 aliphatic carbocycles. The van der Waals surface area contributed by atoms with Gasteiger partial charge in [0.2, 0.25) is 0 Å². The number of nitrogens with zero attached hydrogens (tertiary/aromatic N) is 2. The summed E-state index contributed by atoms with van der Waals surface area (Å²) in [6.07, 6.45) is 1.51. The predicted octanol–water partition coefficient (Wildman–Crippen LogP) is 3.79. The molecule has 6 heteroatoms. The number of hydrogen-bond acceptors (Lipinski definition) is 4. The highest BCUT2D eigenvalue weighted by molar-refractivity contribution is 7.09. The van der Waals surface area contributed by atoms with E-state index in [1.807, 2.05) is 35.7 Å². The van der Waals surface area contributed by atoms with Crippen molar-refractivity contribution >= 4 is 28.8 Å². The summed E-state index contributed by atoms with van der Waals surface area (Å²) in [6.45, 7) is 0.366. The number of aromatic nitrogens is 2. The fraction of sp³-hybridized carbons (Fsp3) is 0.0625. The molecule has 1 N–H and O–H groups in total. The lowest BCUT2D eigenvalue weighted by Crippen LogP contribution is -2.23. The lowest BCUT2D eigenvalue weighted by atomic mass is 10.2. The highest BCUT2D eigenvalue weighted by Crippen LogP contribution is 2.21. The second-order valence-electron chi connectivity index (χ2n) is 4.53.